The zero-order valence-corrected chi connectivity index (χ0v) is 29.0. The molecular formula is C28H48Cl2HfSi2-2. The van der Waals surface area contributed by atoms with Crippen LogP contribution in [0.25, 0.3) is 0 Å². The smallest absolute Gasteiger partial charge is 0.0819 e. The molecule has 0 aromatic rings. The van der Waals surface area contributed by atoms with E-state index >= 15 is 0 Å². The van der Waals surface area contributed by atoms with Gasteiger partial charge in [-0.2, -0.15) is 0 Å². The van der Waals surface area contributed by atoms with Crippen molar-refractivity contribution in [3.05, 3.63) is 45.8 Å². The second-order valence-corrected chi connectivity index (χ2v) is 19.9. The van der Waals surface area contributed by atoms with Crippen LogP contribution in [0.2, 0.25) is 36.3 Å². The van der Waals surface area contributed by atoms with E-state index in [0.29, 0.717) is 0 Å². The summed E-state index contributed by atoms with van der Waals surface area (Å²) in [4.78, 5) is 0. The zero-order chi connectivity index (χ0) is 21.5. The summed E-state index contributed by atoms with van der Waals surface area (Å²) in [7, 11) is -1.76. The fraction of sp³-hybridized carbons (Fsp3) is 0.714. The van der Waals surface area contributed by atoms with E-state index in [0.717, 1.165) is 0 Å². The first-order chi connectivity index (χ1) is 14.6. The fourth-order valence-electron chi connectivity index (χ4n) is 6.10. The van der Waals surface area contributed by atoms with Crippen molar-refractivity contribution >= 4 is 16.1 Å². The summed E-state index contributed by atoms with van der Waals surface area (Å²) >= 11 is 0. The molecule has 0 aromatic heterocycles. The van der Waals surface area contributed by atoms with Gasteiger partial charge in [-0.25, -0.2) is 0 Å². The van der Waals surface area contributed by atoms with E-state index in [9.17, 15) is 0 Å². The SMILES string of the molecule is CCCC[Si]1(C2=CC(CC)=CC2)CCC1.CCCC[Si]1(C2=CC(CC)=CC2)CCC1.[Cl-].[Cl-].[Hf]. The van der Waals surface area contributed by atoms with Gasteiger partial charge in [0.2, 0.25) is 0 Å². The molecule has 5 heteroatoms. The number of allylic oxidation sites excluding steroid dienone is 8. The predicted octanol–water partition coefficient (Wildman–Crippen LogP) is 3.69. The molecule has 4 aliphatic rings. The summed E-state index contributed by atoms with van der Waals surface area (Å²) in [5.74, 6) is 0. The van der Waals surface area contributed by atoms with Gasteiger partial charge in [0.1, 0.15) is 0 Å². The maximum atomic E-state index is 2.57. The minimum absolute atomic E-state index is 0. The third kappa shape index (κ3) is 8.44. The minimum Gasteiger partial charge on any atom is -1.00 e. The van der Waals surface area contributed by atoms with E-state index in [1.807, 2.05) is 10.4 Å². The van der Waals surface area contributed by atoms with Crippen LogP contribution in [-0.2, 0) is 25.8 Å². The Hall–Kier alpha value is 0.844. The van der Waals surface area contributed by atoms with E-state index in [4.69, 9.17) is 0 Å². The fourth-order valence-corrected chi connectivity index (χ4v) is 15.6. The molecule has 0 amide bonds. The van der Waals surface area contributed by atoms with Gasteiger partial charge in [0.05, 0.1) is 16.1 Å². The number of unbranched alkanes of at least 4 members (excludes halogenated alkanes) is 2. The van der Waals surface area contributed by atoms with Crippen molar-refractivity contribution in [3.8, 4) is 0 Å². The van der Waals surface area contributed by atoms with Gasteiger partial charge in [-0.1, -0.05) is 148 Å². The van der Waals surface area contributed by atoms with E-state index in [1.165, 1.54) is 64.2 Å². The molecular weight excluding hydrogens is 642 g/mol. The van der Waals surface area contributed by atoms with Crippen molar-refractivity contribution < 1.29 is 50.7 Å². The number of hydrogen-bond acceptors (Lipinski definition) is 0. The van der Waals surface area contributed by atoms with Crippen molar-refractivity contribution in [2.45, 2.75) is 128 Å². The molecule has 0 saturated carbocycles. The van der Waals surface area contributed by atoms with Crippen molar-refractivity contribution in [2.75, 3.05) is 0 Å². The number of halogens is 2. The normalized spacial score (nSPS) is 21.2. The first-order valence-corrected chi connectivity index (χ1v) is 18.7. The van der Waals surface area contributed by atoms with Crippen molar-refractivity contribution in [1.29, 1.82) is 0 Å². The molecule has 2 fully saturated rings. The molecule has 33 heavy (non-hydrogen) atoms. The number of rotatable bonds is 10. The standard InChI is InChI=1S/2C14H24Si.2ClH.Hf/c2*1-3-5-9-15(10-6-11-15)14-8-7-13(4-2)12-14;;;/h2*7,12H,3-6,8-11H2,1-2H3;2*1H;/p-2. The summed E-state index contributed by atoms with van der Waals surface area (Å²) in [5, 5.41) is 3.80. The number of hydrogen-bond donors (Lipinski definition) is 0. The molecule has 2 aliphatic heterocycles. The summed E-state index contributed by atoms with van der Waals surface area (Å²) in [6, 6.07) is 9.57. The van der Waals surface area contributed by atoms with Gasteiger partial charge in [-0.05, 0) is 25.7 Å². The molecule has 0 unspecified atom stereocenters. The molecule has 2 saturated heterocycles. The Labute approximate surface area is 239 Å². The van der Waals surface area contributed by atoms with Gasteiger partial charge in [0, 0.05) is 25.8 Å². The molecule has 0 N–H and O–H groups in total. The summed E-state index contributed by atoms with van der Waals surface area (Å²) in [6.07, 6.45) is 24.0. The Morgan fingerprint density at radius 1 is 0.636 bits per heavy atom. The zero-order valence-electron chi connectivity index (χ0n) is 21.9. The van der Waals surface area contributed by atoms with Gasteiger partial charge in [-0.3, -0.25) is 0 Å². The minimum atomic E-state index is -0.880. The Bertz CT molecular complexity index is 641. The van der Waals surface area contributed by atoms with Crippen molar-refractivity contribution in [1.82, 2.24) is 0 Å². The van der Waals surface area contributed by atoms with E-state index < -0.39 is 16.1 Å². The largest absolute Gasteiger partial charge is 1.00 e. The maximum Gasteiger partial charge on any atom is 0.0819 e. The molecule has 0 spiro atoms. The average Bonchev–Trinajstić information content (AvgIpc) is 3.37. The molecule has 4 rings (SSSR count). The van der Waals surface area contributed by atoms with Crippen LogP contribution in [0.15, 0.2) is 45.8 Å². The van der Waals surface area contributed by atoms with Gasteiger partial charge in [0.15, 0.2) is 0 Å². The van der Waals surface area contributed by atoms with Crippen LogP contribution in [0.3, 0.4) is 0 Å². The Morgan fingerprint density at radius 2 is 1.00 bits per heavy atom. The molecule has 2 heterocycles. The van der Waals surface area contributed by atoms with Gasteiger partial charge < -0.3 is 24.8 Å². The van der Waals surface area contributed by atoms with Crippen LogP contribution in [0.1, 0.15) is 91.9 Å². The van der Waals surface area contributed by atoms with Gasteiger partial charge in [-0.15, -0.1) is 0 Å². The van der Waals surface area contributed by atoms with Crippen molar-refractivity contribution in [3.63, 3.8) is 0 Å². The molecule has 2 aliphatic carbocycles. The van der Waals surface area contributed by atoms with E-state index in [2.05, 4.69) is 52.0 Å². The first kappa shape index (κ1) is 33.8. The van der Waals surface area contributed by atoms with Crippen LogP contribution in [0.4, 0.5) is 0 Å². The molecule has 0 atom stereocenters. The Kier molecular flexibility index (Phi) is 17.0. The van der Waals surface area contributed by atoms with Crippen LogP contribution < -0.4 is 24.8 Å². The Morgan fingerprint density at radius 3 is 1.21 bits per heavy atom. The van der Waals surface area contributed by atoms with Crippen molar-refractivity contribution in [2.24, 2.45) is 0 Å². The first-order valence-electron chi connectivity index (χ1n) is 13.4. The monoisotopic (exact) mass is 690 g/mol. The topological polar surface area (TPSA) is 0 Å². The summed E-state index contributed by atoms with van der Waals surface area (Å²) < 4.78 is 0. The summed E-state index contributed by atoms with van der Waals surface area (Å²) in [5.41, 5.74) is 3.22. The third-order valence-corrected chi connectivity index (χ3v) is 20.0. The molecule has 188 valence electrons. The Balaban J connectivity index is 0.000000569. The molecule has 0 radical (unpaired) electrons. The van der Waals surface area contributed by atoms with Crippen LogP contribution >= 0.6 is 0 Å². The second-order valence-electron chi connectivity index (χ2n) is 10.5. The average molecular weight is 690 g/mol. The van der Waals surface area contributed by atoms with Crippen LogP contribution in [0, 0.1) is 0 Å². The molecule has 0 aromatic carbocycles. The predicted molar refractivity (Wildman–Crippen MR) is 142 cm³/mol. The third-order valence-electron chi connectivity index (χ3n) is 8.71. The van der Waals surface area contributed by atoms with E-state index in [1.54, 1.807) is 47.4 Å². The molecule has 0 bridgehead atoms. The van der Waals surface area contributed by atoms with E-state index in [-0.39, 0.29) is 50.7 Å². The summed E-state index contributed by atoms with van der Waals surface area (Å²) in [6.45, 7) is 9.23. The van der Waals surface area contributed by atoms with Crippen LogP contribution in [0.5, 0.6) is 0 Å². The van der Waals surface area contributed by atoms with Crippen LogP contribution in [-0.4, -0.2) is 16.1 Å². The van der Waals surface area contributed by atoms with Gasteiger partial charge in [0.25, 0.3) is 0 Å². The van der Waals surface area contributed by atoms with Gasteiger partial charge >= 0.3 is 0 Å². The second kappa shape index (κ2) is 16.6. The molecule has 0 nitrogen and oxygen atoms in total. The maximum absolute atomic E-state index is 2.57. The quantitative estimate of drug-likeness (QED) is 0.307.